The van der Waals surface area contributed by atoms with Gasteiger partial charge in [-0.1, -0.05) is 289 Å². The van der Waals surface area contributed by atoms with Gasteiger partial charge in [0.1, 0.15) is 0 Å². The maximum Gasteiger partial charge on any atom is 0.305 e. The number of aliphatic hydroxyl groups excluding tert-OH is 2. The highest BCUT2D eigenvalue weighted by molar-refractivity contribution is 5.76. The number of allylic oxidation sites excluding steroid dienone is 2. The third-order valence-corrected chi connectivity index (χ3v) is 14.3. The van der Waals surface area contributed by atoms with Crippen LogP contribution in [0.15, 0.2) is 12.2 Å². The molecule has 0 saturated heterocycles. The molecule has 67 heavy (non-hydrogen) atoms. The second kappa shape index (κ2) is 57.2. The molecule has 2 unspecified atom stereocenters. The molecule has 6 heteroatoms. The lowest BCUT2D eigenvalue weighted by Gasteiger charge is -2.22. The van der Waals surface area contributed by atoms with E-state index in [0.717, 1.165) is 38.5 Å². The van der Waals surface area contributed by atoms with Crippen LogP contribution in [0.4, 0.5) is 0 Å². The molecule has 0 aromatic rings. The van der Waals surface area contributed by atoms with Crippen LogP contribution in [-0.4, -0.2) is 47.4 Å². The number of carbonyl (C=O) groups excluding carboxylic acids is 2. The van der Waals surface area contributed by atoms with Crippen LogP contribution < -0.4 is 5.32 Å². The Bertz CT molecular complexity index is 1000. The molecule has 0 aromatic heterocycles. The number of aliphatic hydroxyl groups is 2. The summed E-state index contributed by atoms with van der Waals surface area (Å²) in [6, 6.07) is -0.545. The minimum absolute atomic E-state index is 0.0134. The molecule has 0 saturated carbocycles. The van der Waals surface area contributed by atoms with Crippen LogP contribution in [0.1, 0.15) is 341 Å². The lowest BCUT2D eigenvalue weighted by atomic mass is 10.0. The first-order valence-electron chi connectivity index (χ1n) is 30.4. The van der Waals surface area contributed by atoms with Crippen molar-refractivity contribution in [2.24, 2.45) is 0 Å². The summed E-state index contributed by atoms with van der Waals surface area (Å²) < 4.78 is 5.49. The zero-order chi connectivity index (χ0) is 48.6. The van der Waals surface area contributed by atoms with Gasteiger partial charge in [0.2, 0.25) is 5.91 Å². The van der Waals surface area contributed by atoms with Gasteiger partial charge >= 0.3 is 5.97 Å². The topological polar surface area (TPSA) is 95.9 Å². The zero-order valence-electron chi connectivity index (χ0n) is 45.4. The summed E-state index contributed by atoms with van der Waals surface area (Å²) in [4.78, 5) is 24.5. The summed E-state index contributed by atoms with van der Waals surface area (Å²) in [5.74, 6) is -0.0271. The third-order valence-electron chi connectivity index (χ3n) is 14.3. The molecule has 0 spiro atoms. The molecular weight excluding hydrogens is 827 g/mol. The first kappa shape index (κ1) is 65.6. The van der Waals surface area contributed by atoms with Crippen molar-refractivity contribution >= 4 is 11.9 Å². The molecule has 0 rings (SSSR count). The second-order valence-corrected chi connectivity index (χ2v) is 21.0. The Balaban J connectivity index is 3.39. The van der Waals surface area contributed by atoms with E-state index in [1.54, 1.807) is 0 Å². The molecule has 2 atom stereocenters. The maximum absolute atomic E-state index is 12.5. The van der Waals surface area contributed by atoms with Crippen molar-refractivity contribution in [3.05, 3.63) is 12.2 Å². The van der Waals surface area contributed by atoms with Gasteiger partial charge in [0.25, 0.3) is 0 Å². The predicted molar refractivity (Wildman–Crippen MR) is 292 cm³/mol. The molecule has 0 fully saturated rings. The van der Waals surface area contributed by atoms with Gasteiger partial charge in [-0.05, 0) is 51.4 Å². The molecule has 1 amide bonds. The average Bonchev–Trinajstić information content (AvgIpc) is 3.33. The summed E-state index contributed by atoms with van der Waals surface area (Å²) in [7, 11) is 0. The molecule has 3 N–H and O–H groups in total. The Hall–Kier alpha value is -1.40. The largest absolute Gasteiger partial charge is 0.466 e. The summed E-state index contributed by atoms with van der Waals surface area (Å²) in [5.41, 5.74) is 0. The predicted octanol–water partition coefficient (Wildman–Crippen LogP) is 18.9. The minimum Gasteiger partial charge on any atom is -0.466 e. The van der Waals surface area contributed by atoms with Gasteiger partial charge < -0.3 is 20.3 Å². The number of esters is 1. The Morgan fingerprint density at radius 2 is 0.701 bits per heavy atom. The van der Waals surface area contributed by atoms with Crippen molar-refractivity contribution < 1.29 is 24.5 Å². The molecule has 6 nitrogen and oxygen atoms in total. The SMILES string of the molecule is CCCCCCCCCCCCCCCCCC(=O)OCCCCCCCCCCCCC/C=C\CCCCCCCCCC(=O)NC(CO)C(O)CCCCCCCCCCCCCCC. The van der Waals surface area contributed by atoms with Gasteiger partial charge in [-0.25, -0.2) is 0 Å². The van der Waals surface area contributed by atoms with Gasteiger partial charge in [-0.2, -0.15) is 0 Å². The van der Waals surface area contributed by atoms with E-state index in [1.165, 1.54) is 270 Å². The highest BCUT2D eigenvalue weighted by Crippen LogP contribution is 2.18. The first-order chi connectivity index (χ1) is 33.0. The lowest BCUT2D eigenvalue weighted by Crippen LogP contribution is -2.45. The van der Waals surface area contributed by atoms with Gasteiger partial charge in [-0.3, -0.25) is 9.59 Å². The molecule has 0 aromatic carbocycles. The molecule has 398 valence electrons. The summed E-state index contributed by atoms with van der Waals surface area (Å²) in [6.07, 6.45) is 67.9. The van der Waals surface area contributed by atoms with Crippen molar-refractivity contribution in [3.8, 4) is 0 Å². The number of amides is 1. The zero-order valence-corrected chi connectivity index (χ0v) is 45.4. The van der Waals surface area contributed by atoms with Crippen molar-refractivity contribution in [3.63, 3.8) is 0 Å². The van der Waals surface area contributed by atoms with Gasteiger partial charge in [0.15, 0.2) is 0 Å². The average molecular weight is 947 g/mol. The monoisotopic (exact) mass is 946 g/mol. The smallest absolute Gasteiger partial charge is 0.305 e. The number of hydrogen-bond acceptors (Lipinski definition) is 5. The van der Waals surface area contributed by atoms with E-state index >= 15 is 0 Å². The quantitative estimate of drug-likeness (QED) is 0.0321. The Kier molecular flexibility index (Phi) is 56.0. The summed E-state index contributed by atoms with van der Waals surface area (Å²) in [5, 5.41) is 23.2. The third kappa shape index (κ3) is 53.8. The van der Waals surface area contributed by atoms with E-state index in [2.05, 4.69) is 31.3 Å². The number of nitrogens with one attached hydrogen (secondary N) is 1. The van der Waals surface area contributed by atoms with Gasteiger partial charge in [0, 0.05) is 12.8 Å². The van der Waals surface area contributed by atoms with Crippen molar-refractivity contribution in [1.29, 1.82) is 0 Å². The van der Waals surface area contributed by atoms with Gasteiger partial charge in [0.05, 0.1) is 25.4 Å². The van der Waals surface area contributed by atoms with E-state index in [9.17, 15) is 19.8 Å². The Labute approximate surface area is 419 Å². The van der Waals surface area contributed by atoms with Crippen LogP contribution in [0.25, 0.3) is 0 Å². The van der Waals surface area contributed by atoms with Crippen molar-refractivity contribution in [1.82, 2.24) is 5.32 Å². The standard InChI is InChI=1S/C61H119NO5/c1-3-5-7-9-11-13-15-17-26-31-35-39-43-47-51-55-61(66)67-56-52-48-44-40-36-32-28-25-23-21-19-18-20-22-24-27-30-34-38-42-46-50-54-60(65)62-58(57-63)59(64)53-49-45-41-37-33-29-16-14-12-10-8-6-4-2/h20,22,58-59,63-64H,3-19,21,23-57H2,1-2H3,(H,62,65)/b22-20-. The molecule has 0 bridgehead atoms. The van der Waals surface area contributed by atoms with E-state index in [4.69, 9.17) is 4.74 Å². The molecular formula is C61H119NO5. The molecule has 0 radical (unpaired) electrons. The van der Waals surface area contributed by atoms with Crippen LogP contribution in [0, 0.1) is 0 Å². The van der Waals surface area contributed by atoms with E-state index in [-0.39, 0.29) is 18.5 Å². The minimum atomic E-state index is -0.667. The number of ether oxygens (including phenoxy) is 1. The highest BCUT2D eigenvalue weighted by Gasteiger charge is 2.20. The molecule has 0 aliphatic heterocycles. The fourth-order valence-corrected chi connectivity index (χ4v) is 9.64. The first-order valence-corrected chi connectivity index (χ1v) is 30.4. The van der Waals surface area contributed by atoms with Crippen LogP contribution in [0.3, 0.4) is 0 Å². The summed E-state index contributed by atoms with van der Waals surface area (Å²) in [6.45, 7) is 4.97. The Morgan fingerprint density at radius 3 is 1.06 bits per heavy atom. The maximum atomic E-state index is 12.5. The van der Waals surface area contributed by atoms with Crippen LogP contribution >= 0.6 is 0 Å². The van der Waals surface area contributed by atoms with Crippen molar-refractivity contribution in [2.45, 2.75) is 353 Å². The normalized spacial score (nSPS) is 12.6. The number of rotatable bonds is 57. The van der Waals surface area contributed by atoms with Crippen LogP contribution in [-0.2, 0) is 14.3 Å². The van der Waals surface area contributed by atoms with Crippen LogP contribution in [0.5, 0.6) is 0 Å². The number of carbonyl (C=O) groups is 2. The molecule has 0 heterocycles. The van der Waals surface area contributed by atoms with Crippen molar-refractivity contribution in [2.75, 3.05) is 13.2 Å². The second-order valence-electron chi connectivity index (χ2n) is 21.0. The lowest BCUT2D eigenvalue weighted by molar-refractivity contribution is -0.143. The highest BCUT2D eigenvalue weighted by atomic mass is 16.5. The van der Waals surface area contributed by atoms with Gasteiger partial charge in [-0.15, -0.1) is 0 Å². The fraction of sp³-hybridized carbons (Fsp3) is 0.934. The van der Waals surface area contributed by atoms with E-state index in [0.29, 0.717) is 25.9 Å². The number of hydrogen-bond donors (Lipinski definition) is 3. The van der Waals surface area contributed by atoms with Crippen LogP contribution in [0.2, 0.25) is 0 Å². The molecule has 0 aliphatic rings. The number of unbranched alkanes of at least 4 members (excludes halogenated alkanes) is 44. The van der Waals surface area contributed by atoms with E-state index in [1.807, 2.05) is 0 Å². The molecule has 0 aliphatic carbocycles. The van der Waals surface area contributed by atoms with E-state index < -0.39 is 12.1 Å². The fourth-order valence-electron chi connectivity index (χ4n) is 9.64. The summed E-state index contributed by atoms with van der Waals surface area (Å²) >= 11 is 0. The Morgan fingerprint density at radius 1 is 0.403 bits per heavy atom.